The summed E-state index contributed by atoms with van der Waals surface area (Å²) in [5, 5.41) is 6.57. The molecule has 0 aliphatic rings. The van der Waals surface area contributed by atoms with E-state index in [4.69, 9.17) is 21.8 Å². The lowest BCUT2D eigenvalue weighted by atomic mass is 10.0. The molecular weight excluding hydrogens is 438 g/mol. The lowest BCUT2D eigenvalue weighted by Crippen LogP contribution is -2.22. The molecule has 0 amide bonds. The molecule has 0 spiro atoms. The van der Waals surface area contributed by atoms with Crippen LogP contribution in [0.4, 0.5) is 5.69 Å². The molecule has 0 saturated heterocycles. The molecule has 162 valence electrons. The van der Waals surface area contributed by atoms with Crippen LogP contribution in [0.1, 0.15) is 5.69 Å². The van der Waals surface area contributed by atoms with Gasteiger partial charge in [0.15, 0.2) is 5.58 Å². The van der Waals surface area contributed by atoms with E-state index in [0.29, 0.717) is 43.9 Å². The number of hydrogen-bond acceptors (Lipinski definition) is 5. The lowest BCUT2D eigenvalue weighted by molar-refractivity contribution is 0.668. The topological polar surface area (TPSA) is 91.9 Å². The van der Waals surface area contributed by atoms with Crippen LogP contribution in [0.25, 0.3) is 49.8 Å². The van der Waals surface area contributed by atoms with Crippen molar-refractivity contribution in [1.82, 2.24) is 19.3 Å². The number of nitrogens with zero attached hydrogens (tertiary/aromatic N) is 4. The number of halogens is 1. The van der Waals surface area contributed by atoms with Crippen LogP contribution in [-0.4, -0.2) is 19.3 Å². The highest BCUT2D eigenvalue weighted by molar-refractivity contribution is 6.31. The molecule has 0 radical (unpaired) electrons. The van der Waals surface area contributed by atoms with Crippen LogP contribution in [-0.2, 0) is 7.05 Å². The summed E-state index contributed by atoms with van der Waals surface area (Å²) < 4.78 is 9.49. The fourth-order valence-corrected chi connectivity index (χ4v) is 4.50. The van der Waals surface area contributed by atoms with Crippen LogP contribution >= 0.6 is 11.6 Å². The highest BCUT2D eigenvalue weighted by atomic mass is 35.5. The fourth-order valence-electron chi connectivity index (χ4n) is 4.33. The molecule has 0 unspecified atom stereocenters. The van der Waals surface area contributed by atoms with E-state index >= 15 is 0 Å². The van der Waals surface area contributed by atoms with E-state index in [2.05, 4.69) is 10.1 Å². The second-order valence-corrected chi connectivity index (χ2v) is 8.52. The van der Waals surface area contributed by atoms with Crippen LogP contribution in [0.2, 0.25) is 5.02 Å². The smallest absolute Gasteiger partial charge is 0.265 e. The molecule has 6 aromatic rings. The summed E-state index contributed by atoms with van der Waals surface area (Å²) in [7, 11) is 1.86. The average molecular weight is 456 g/mol. The Morgan fingerprint density at radius 2 is 1.94 bits per heavy atom. The predicted octanol–water partition coefficient (Wildman–Crippen LogP) is 5.23. The number of anilines is 1. The van der Waals surface area contributed by atoms with Crippen molar-refractivity contribution in [3.63, 3.8) is 0 Å². The Labute approximate surface area is 192 Å². The first kappa shape index (κ1) is 19.6. The van der Waals surface area contributed by atoms with Crippen LogP contribution in [0.3, 0.4) is 0 Å². The Kier molecular flexibility index (Phi) is 4.12. The van der Waals surface area contributed by atoms with Gasteiger partial charge in [0.25, 0.3) is 5.56 Å². The second-order valence-electron chi connectivity index (χ2n) is 8.08. The highest BCUT2D eigenvalue weighted by Crippen LogP contribution is 2.38. The van der Waals surface area contributed by atoms with Crippen molar-refractivity contribution in [3.8, 4) is 16.8 Å². The van der Waals surface area contributed by atoms with Gasteiger partial charge in [-0.25, -0.2) is 0 Å². The molecule has 8 heteroatoms. The Morgan fingerprint density at radius 3 is 2.73 bits per heavy atom. The van der Waals surface area contributed by atoms with E-state index in [1.165, 1.54) is 0 Å². The third kappa shape index (κ3) is 2.93. The molecule has 0 aliphatic heterocycles. The van der Waals surface area contributed by atoms with Crippen LogP contribution in [0.15, 0.2) is 70.1 Å². The first-order valence-electron chi connectivity index (χ1n) is 10.3. The maximum Gasteiger partial charge on any atom is 0.265 e. The SMILES string of the molecule is Cc1ccc(-n2c(=O)c(-c3ccc4nn(C)cc4c3)c(N)c3oc4ccc(Cl)cc4c32)cn1. The standard InChI is InChI=1S/C25H18ClN5O2/c1-13-3-6-17(11-28-13)31-23-18-10-16(26)5-8-20(18)33-24(23)22(27)21(25(31)32)14-4-7-19-15(9-14)12-30(2)29-19/h3-12H,27H2,1-2H3. The Hall–Kier alpha value is -4.10. The van der Waals surface area contributed by atoms with Gasteiger partial charge < -0.3 is 10.2 Å². The normalized spacial score (nSPS) is 11.7. The van der Waals surface area contributed by atoms with Crippen molar-refractivity contribution in [1.29, 1.82) is 0 Å². The van der Waals surface area contributed by atoms with Crippen molar-refractivity contribution in [2.24, 2.45) is 7.05 Å². The molecule has 2 N–H and O–H groups in total. The maximum absolute atomic E-state index is 14.0. The summed E-state index contributed by atoms with van der Waals surface area (Å²) >= 11 is 6.28. The van der Waals surface area contributed by atoms with Gasteiger partial charge in [-0.3, -0.25) is 19.0 Å². The van der Waals surface area contributed by atoms with Crippen molar-refractivity contribution < 1.29 is 4.42 Å². The van der Waals surface area contributed by atoms with Crippen molar-refractivity contribution in [2.45, 2.75) is 6.92 Å². The van der Waals surface area contributed by atoms with Gasteiger partial charge in [-0.1, -0.05) is 17.7 Å². The van der Waals surface area contributed by atoms with Crippen molar-refractivity contribution in [2.75, 3.05) is 5.73 Å². The molecule has 33 heavy (non-hydrogen) atoms. The Morgan fingerprint density at radius 1 is 1.09 bits per heavy atom. The minimum atomic E-state index is -0.267. The molecule has 2 aromatic carbocycles. The van der Waals surface area contributed by atoms with E-state index in [1.807, 2.05) is 50.5 Å². The predicted molar refractivity (Wildman–Crippen MR) is 131 cm³/mol. The van der Waals surface area contributed by atoms with Gasteiger partial charge >= 0.3 is 0 Å². The van der Waals surface area contributed by atoms with Gasteiger partial charge in [0.1, 0.15) is 11.1 Å². The second kappa shape index (κ2) is 6.95. The summed E-state index contributed by atoms with van der Waals surface area (Å²) in [6, 6.07) is 14.7. The molecule has 4 heterocycles. The van der Waals surface area contributed by atoms with Gasteiger partial charge in [0.05, 0.1) is 28.7 Å². The molecule has 0 saturated carbocycles. The van der Waals surface area contributed by atoms with Gasteiger partial charge in [0.2, 0.25) is 0 Å². The Balaban J connectivity index is 1.78. The Bertz CT molecular complexity index is 1780. The summed E-state index contributed by atoms with van der Waals surface area (Å²) in [4.78, 5) is 18.4. The van der Waals surface area contributed by atoms with Gasteiger partial charge in [-0.2, -0.15) is 5.10 Å². The molecule has 0 aliphatic carbocycles. The minimum absolute atomic E-state index is 0.267. The summed E-state index contributed by atoms with van der Waals surface area (Å²) in [5.41, 5.74) is 11.5. The van der Waals surface area contributed by atoms with Crippen LogP contribution in [0.5, 0.6) is 0 Å². The quantitative estimate of drug-likeness (QED) is 0.386. The fraction of sp³-hybridized carbons (Fsp3) is 0.0800. The number of aryl methyl sites for hydroxylation is 2. The molecule has 0 atom stereocenters. The van der Waals surface area contributed by atoms with Crippen molar-refractivity contribution in [3.05, 3.63) is 82.0 Å². The molecule has 4 aromatic heterocycles. The van der Waals surface area contributed by atoms with Gasteiger partial charge in [-0.15, -0.1) is 0 Å². The van der Waals surface area contributed by atoms with Crippen LogP contribution < -0.4 is 11.3 Å². The van der Waals surface area contributed by atoms with Crippen LogP contribution in [0, 0.1) is 6.92 Å². The largest absolute Gasteiger partial charge is 0.452 e. The average Bonchev–Trinajstić information content (AvgIpc) is 3.34. The zero-order valence-electron chi connectivity index (χ0n) is 17.8. The lowest BCUT2D eigenvalue weighted by Gasteiger charge is -2.13. The van der Waals surface area contributed by atoms with E-state index in [0.717, 1.165) is 16.6 Å². The van der Waals surface area contributed by atoms with E-state index in [-0.39, 0.29) is 11.2 Å². The van der Waals surface area contributed by atoms with E-state index < -0.39 is 0 Å². The maximum atomic E-state index is 14.0. The molecule has 0 bridgehead atoms. The molecule has 0 fully saturated rings. The monoisotopic (exact) mass is 455 g/mol. The number of aromatic nitrogens is 4. The number of pyridine rings is 2. The first-order valence-corrected chi connectivity index (χ1v) is 10.7. The van der Waals surface area contributed by atoms with E-state index in [9.17, 15) is 4.79 Å². The van der Waals surface area contributed by atoms with Gasteiger partial charge in [0, 0.05) is 34.7 Å². The molecule has 7 nitrogen and oxygen atoms in total. The number of benzene rings is 2. The number of fused-ring (bicyclic) bond motifs is 4. The third-order valence-corrected chi connectivity index (χ3v) is 6.07. The molecular formula is C25H18ClN5O2. The highest BCUT2D eigenvalue weighted by Gasteiger charge is 2.23. The summed E-state index contributed by atoms with van der Waals surface area (Å²) in [6.45, 7) is 1.90. The molecule has 6 rings (SSSR count). The first-order chi connectivity index (χ1) is 15.9. The zero-order valence-corrected chi connectivity index (χ0v) is 18.6. The summed E-state index contributed by atoms with van der Waals surface area (Å²) in [5.74, 6) is 0. The zero-order chi connectivity index (χ0) is 22.9. The van der Waals surface area contributed by atoms with E-state index in [1.54, 1.807) is 33.6 Å². The minimum Gasteiger partial charge on any atom is -0.452 e. The van der Waals surface area contributed by atoms with Gasteiger partial charge in [-0.05, 0) is 55.0 Å². The number of rotatable bonds is 2. The number of hydrogen-bond donors (Lipinski definition) is 1. The third-order valence-electron chi connectivity index (χ3n) is 5.84. The van der Waals surface area contributed by atoms with Crippen molar-refractivity contribution >= 4 is 50.3 Å². The number of furan rings is 1. The summed E-state index contributed by atoms with van der Waals surface area (Å²) in [6.07, 6.45) is 3.57. The number of nitrogen functional groups attached to an aromatic ring is 1. The number of nitrogens with two attached hydrogens (primary N) is 1.